The number of nitrogens with one attached hydrogen (secondary N) is 2. The van der Waals surface area contributed by atoms with Crippen LogP contribution in [-0.4, -0.2) is 54.3 Å². The highest BCUT2D eigenvalue weighted by Crippen LogP contribution is 2.28. The number of carbonyl (C=O) groups excluding carboxylic acids is 1. The molecule has 1 aliphatic rings. The average Bonchev–Trinajstić information content (AvgIpc) is 2.75. The Morgan fingerprint density at radius 2 is 1.97 bits per heavy atom. The number of halogens is 1. The lowest BCUT2D eigenvalue weighted by atomic mass is 10.0. The second kappa shape index (κ2) is 11.2. The SMILES string of the molecule is CC(=O)Nc1c(C)cccc1OCC(O)CN(Cc1ccc(F)cc1)C1CCNCC1. The number of rotatable bonds is 9. The van der Waals surface area contributed by atoms with E-state index in [2.05, 4.69) is 15.5 Å². The number of hydrogen-bond donors (Lipinski definition) is 3. The minimum Gasteiger partial charge on any atom is -0.489 e. The van der Waals surface area contributed by atoms with Crippen LogP contribution in [0.2, 0.25) is 0 Å². The Hall–Kier alpha value is -2.48. The highest BCUT2D eigenvalue weighted by Gasteiger charge is 2.24. The molecule has 31 heavy (non-hydrogen) atoms. The first-order chi connectivity index (χ1) is 14.9. The number of nitrogens with zero attached hydrogens (tertiary/aromatic N) is 1. The van der Waals surface area contributed by atoms with Crippen LogP contribution >= 0.6 is 0 Å². The van der Waals surface area contributed by atoms with Gasteiger partial charge in [0.15, 0.2) is 0 Å². The molecule has 3 rings (SSSR count). The van der Waals surface area contributed by atoms with Gasteiger partial charge in [-0.3, -0.25) is 9.69 Å². The number of ether oxygens (including phenoxy) is 1. The Bertz CT molecular complexity index is 854. The molecular weight excluding hydrogens is 397 g/mol. The van der Waals surface area contributed by atoms with E-state index >= 15 is 0 Å². The van der Waals surface area contributed by atoms with Crippen LogP contribution in [0.1, 0.15) is 30.9 Å². The molecule has 1 aliphatic heterocycles. The molecule has 0 aliphatic carbocycles. The summed E-state index contributed by atoms with van der Waals surface area (Å²) in [6, 6.07) is 12.4. The molecule has 0 bridgehead atoms. The summed E-state index contributed by atoms with van der Waals surface area (Å²) in [5.41, 5.74) is 2.54. The monoisotopic (exact) mass is 429 g/mol. The van der Waals surface area contributed by atoms with Crippen molar-refractivity contribution in [2.75, 3.05) is 31.6 Å². The maximum Gasteiger partial charge on any atom is 0.221 e. The fraction of sp³-hybridized carbons (Fsp3) is 0.458. The lowest BCUT2D eigenvalue weighted by Gasteiger charge is -2.36. The van der Waals surface area contributed by atoms with E-state index in [9.17, 15) is 14.3 Å². The lowest BCUT2D eigenvalue weighted by Crippen LogP contribution is -2.46. The van der Waals surface area contributed by atoms with Crippen LogP contribution in [0.15, 0.2) is 42.5 Å². The predicted molar refractivity (Wildman–Crippen MR) is 120 cm³/mol. The van der Waals surface area contributed by atoms with Crippen molar-refractivity contribution in [3.63, 3.8) is 0 Å². The molecule has 0 radical (unpaired) electrons. The Morgan fingerprint density at radius 3 is 2.65 bits per heavy atom. The van der Waals surface area contributed by atoms with Crippen molar-refractivity contribution in [1.29, 1.82) is 0 Å². The third kappa shape index (κ3) is 7.02. The van der Waals surface area contributed by atoms with Gasteiger partial charge in [0, 0.05) is 26.1 Å². The van der Waals surface area contributed by atoms with Gasteiger partial charge in [-0.15, -0.1) is 0 Å². The fourth-order valence-corrected chi connectivity index (χ4v) is 3.95. The smallest absolute Gasteiger partial charge is 0.221 e. The molecule has 1 saturated heterocycles. The van der Waals surface area contributed by atoms with Crippen LogP contribution in [0, 0.1) is 12.7 Å². The number of carbonyl (C=O) groups is 1. The van der Waals surface area contributed by atoms with Gasteiger partial charge < -0.3 is 20.5 Å². The highest BCUT2D eigenvalue weighted by atomic mass is 19.1. The van der Waals surface area contributed by atoms with E-state index in [0.717, 1.165) is 37.1 Å². The summed E-state index contributed by atoms with van der Waals surface area (Å²) in [6.07, 6.45) is 1.29. The third-order valence-corrected chi connectivity index (χ3v) is 5.54. The average molecular weight is 430 g/mol. The Kier molecular flexibility index (Phi) is 8.40. The summed E-state index contributed by atoms with van der Waals surface area (Å²) >= 11 is 0. The van der Waals surface area contributed by atoms with Crippen molar-refractivity contribution in [3.8, 4) is 5.75 Å². The Balaban J connectivity index is 1.64. The number of amides is 1. The summed E-state index contributed by atoms with van der Waals surface area (Å²) < 4.78 is 19.2. The van der Waals surface area contributed by atoms with Gasteiger partial charge in [-0.25, -0.2) is 4.39 Å². The molecule has 0 saturated carbocycles. The minimum atomic E-state index is -0.707. The lowest BCUT2D eigenvalue weighted by molar-refractivity contribution is -0.114. The molecule has 1 fully saturated rings. The third-order valence-electron chi connectivity index (χ3n) is 5.54. The van der Waals surface area contributed by atoms with Gasteiger partial charge in [0.1, 0.15) is 24.3 Å². The van der Waals surface area contributed by atoms with Gasteiger partial charge in [-0.05, 0) is 62.2 Å². The molecule has 0 aromatic heterocycles. The van der Waals surface area contributed by atoms with Crippen molar-refractivity contribution < 1.29 is 19.0 Å². The summed E-state index contributed by atoms with van der Waals surface area (Å²) in [5.74, 6) is 0.121. The van der Waals surface area contributed by atoms with Gasteiger partial charge in [0.05, 0.1) is 5.69 Å². The zero-order valence-corrected chi connectivity index (χ0v) is 18.2. The van der Waals surface area contributed by atoms with Crippen LogP contribution in [0.25, 0.3) is 0 Å². The minimum absolute atomic E-state index is 0.112. The molecule has 168 valence electrons. The second-order valence-corrected chi connectivity index (χ2v) is 8.13. The second-order valence-electron chi connectivity index (χ2n) is 8.13. The molecular formula is C24H32FN3O3. The van der Waals surface area contributed by atoms with Crippen molar-refractivity contribution in [3.05, 3.63) is 59.4 Å². The maximum absolute atomic E-state index is 13.3. The Labute approximate surface area is 183 Å². The zero-order valence-electron chi connectivity index (χ0n) is 18.2. The van der Waals surface area contributed by atoms with Gasteiger partial charge >= 0.3 is 0 Å². The first kappa shape index (κ1) is 23.2. The fourth-order valence-electron chi connectivity index (χ4n) is 3.95. The van der Waals surface area contributed by atoms with Crippen LogP contribution < -0.4 is 15.4 Å². The molecule has 1 unspecified atom stereocenters. The van der Waals surface area contributed by atoms with E-state index in [1.165, 1.54) is 19.1 Å². The largest absolute Gasteiger partial charge is 0.489 e. The van der Waals surface area contributed by atoms with Gasteiger partial charge in [-0.1, -0.05) is 24.3 Å². The quantitative estimate of drug-likeness (QED) is 0.571. The molecule has 1 amide bonds. The Morgan fingerprint density at radius 1 is 1.26 bits per heavy atom. The normalized spacial score (nSPS) is 15.6. The van der Waals surface area contributed by atoms with Crippen LogP contribution in [-0.2, 0) is 11.3 Å². The van der Waals surface area contributed by atoms with E-state index in [-0.39, 0.29) is 18.3 Å². The number of benzene rings is 2. The molecule has 6 nitrogen and oxygen atoms in total. The van der Waals surface area contributed by atoms with Crippen molar-refractivity contribution in [1.82, 2.24) is 10.2 Å². The number of para-hydroxylation sites is 1. The molecule has 3 N–H and O–H groups in total. The maximum atomic E-state index is 13.3. The number of aliphatic hydroxyl groups is 1. The number of aryl methyl sites for hydroxylation is 1. The molecule has 0 spiro atoms. The topological polar surface area (TPSA) is 73.8 Å². The molecule has 7 heteroatoms. The predicted octanol–water partition coefficient (Wildman–Crippen LogP) is 3.09. The van der Waals surface area contributed by atoms with Crippen LogP contribution in [0.4, 0.5) is 10.1 Å². The molecule has 1 atom stereocenters. The van der Waals surface area contributed by atoms with E-state index < -0.39 is 6.10 Å². The number of aliphatic hydroxyl groups excluding tert-OH is 1. The van der Waals surface area contributed by atoms with Gasteiger partial charge in [0.25, 0.3) is 0 Å². The number of hydrogen-bond acceptors (Lipinski definition) is 5. The molecule has 1 heterocycles. The van der Waals surface area contributed by atoms with E-state index in [0.29, 0.717) is 30.6 Å². The summed E-state index contributed by atoms with van der Waals surface area (Å²) in [4.78, 5) is 13.8. The highest BCUT2D eigenvalue weighted by molar-refractivity contribution is 5.91. The van der Waals surface area contributed by atoms with E-state index in [1.807, 2.05) is 19.1 Å². The molecule has 2 aromatic rings. The van der Waals surface area contributed by atoms with Crippen molar-refractivity contribution >= 4 is 11.6 Å². The first-order valence-corrected chi connectivity index (χ1v) is 10.8. The van der Waals surface area contributed by atoms with Crippen molar-refractivity contribution in [2.24, 2.45) is 0 Å². The number of piperidine rings is 1. The van der Waals surface area contributed by atoms with E-state index in [4.69, 9.17) is 4.74 Å². The zero-order chi connectivity index (χ0) is 22.2. The first-order valence-electron chi connectivity index (χ1n) is 10.8. The van der Waals surface area contributed by atoms with Crippen molar-refractivity contribution in [2.45, 2.75) is 45.4 Å². The summed E-state index contributed by atoms with van der Waals surface area (Å²) in [5, 5.41) is 16.9. The number of anilines is 1. The van der Waals surface area contributed by atoms with E-state index in [1.54, 1.807) is 18.2 Å². The summed E-state index contributed by atoms with van der Waals surface area (Å²) in [7, 11) is 0. The van der Waals surface area contributed by atoms with Crippen LogP contribution in [0.5, 0.6) is 5.75 Å². The molecule has 2 aromatic carbocycles. The summed E-state index contributed by atoms with van der Waals surface area (Å²) in [6.45, 7) is 6.45. The van der Waals surface area contributed by atoms with Gasteiger partial charge in [-0.2, -0.15) is 0 Å². The van der Waals surface area contributed by atoms with Crippen LogP contribution in [0.3, 0.4) is 0 Å². The standard InChI is InChI=1S/C24H32FN3O3/c1-17-4-3-5-23(24(17)27-18(2)29)31-16-22(30)15-28(21-10-12-26-13-11-21)14-19-6-8-20(25)9-7-19/h3-9,21-22,26,30H,10-16H2,1-2H3,(H,27,29). The van der Waals surface area contributed by atoms with Gasteiger partial charge in [0.2, 0.25) is 5.91 Å².